The molecular formula is C18H28N2O3. The number of amides is 1. The second kappa shape index (κ2) is 8.67. The molecule has 0 saturated heterocycles. The second-order valence-electron chi connectivity index (χ2n) is 5.89. The minimum Gasteiger partial charge on any atom is -0.468 e. The summed E-state index contributed by atoms with van der Waals surface area (Å²) < 4.78 is 4.88. The molecule has 0 saturated carbocycles. The lowest BCUT2D eigenvalue weighted by atomic mass is 9.81. The number of rotatable bonds is 8. The Morgan fingerprint density at radius 1 is 1.22 bits per heavy atom. The van der Waals surface area contributed by atoms with E-state index in [1.165, 1.54) is 7.11 Å². The van der Waals surface area contributed by atoms with Crippen molar-refractivity contribution in [1.82, 2.24) is 5.32 Å². The van der Waals surface area contributed by atoms with Crippen LogP contribution >= 0.6 is 0 Å². The molecule has 128 valence electrons. The van der Waals surface area contributed by atoms with Crippen molar-refractivity contribution in [3.8, 4) is 0 Å². The molecule has 0 radical (unpaired) electrons. The van der Waals surface area contributed by atoms with Crippen LogP contribution in [-0.2, 0) is 14.3 Å². The van der Waals surface area contributed by atoms with Gasteiger partial charge in [-0.05, 0) is 25.3 Å². The van der Waals surface area contributed by atoms with Gasteiger partial charge in [0.2, 0.25) is 5.91 Å². The average Bonchev–Trinajstić information content (AvgIpc) is 2.58. The van der Waals surface area contributed by atoms with Gasteiger partial charge in [-0.1, -0.05) is 43.7 Å². The highest BCUT2D eigenvalue weighted by Gasteiger charge is 2.34. The summed E-state index contributed by atoms with van der Waals surface area (Å²) in [6.07, 6.45) is 1.33. The van der Waals surface area contributed by atoms with Crippen molar-refractivity contribution < 1.29 is 14.3 Å². The molecule has 1 rings (SSSR count). The van der Waals surface area contributed by atoms with Gasteiger partial charge in [0, 0.05) is 13.1 Å². The molecule has 3 N–H and O–H groups in total. The summed E-state index contributed by atoms with van der Waals surface area (Å²) in [6.45, 7) is 6.38. The maximum absolute atomic E-state index is 12.5. The van der Waals surface area contributed by atoms with Crippen LogP contribution in [0.5, 0.6) is 0 Å². The number of nitrogens with one attached hydrogen (secondary N) is 1. The van der Waals surface area contributed by atoms with E-state index in [0.29, 0.717) is 19.4 Å². The van der Waals surface area contributed by atoms with Crippen LogP contribution in [0, 0.1) is 12.3 Å². The highest BCUT2D eigenvalue weighted by atomic mass is 16.5. The number of hydrogen-bond acceptors (Lipinski definition) is 4. The fourth-order valence-corrected chi connectivity index (χ4v) is 2.61. The zero-order valence-electron chi connectivity index (χ0n) is 14.5. The molecule has 0 aliphatic heterocycles. The summed E-state index contributed by atoms with van der Waals surface area (Å²) in [6, 6.07) is 7.66. The molecule has 0 spiro atoms. The zero-order chi connectivity index (χ0) is 17.5. The summed E-state index contributed by atoms with van der Waals surface area (Å²) in [5.41, 5.74) is 7.16. The normalized spacial score (nSPS) is 12.6. The molecule has 0 bridgehead atoms. The van der Waals surface area contributed by atoms with Crippen molar-refractivity contribution >= 4 is 11.9 Å². The van der Waals surface area contributed by atoms with E-state index in [2.05, 4.69) is 5.32 Å². The molecule has 23 heavy (non-hydrogen) atoms. The SMILES string of the molecule is CCC(CC)(CN)C(=O)NCC(C(=O)OC)c1ccc(C)cc1. The molecule has 5 nitrogen and oxygen atoms in total. The first kappa shape index (κ1) is 19.2. The minimum atomic E-state index is -0.575. The Balaban J connectivity index is 2.89. The number of nitrogens with two attached hydrogens (primary N) is 1. The molecule has 1 aromatic rings. The van der Waals surface area contributed by atoms with Crippen LogP contribution in [0.3, 0.4) is 0 Å². The number of methoxy groups -OCH3 is 1. The number of carbonyl (C=O) groups excluding carboxylic acids is 2. The fourth-order valence-electron chi connectivity index (χ4n) is 2.61. The third-order valence-corrected chi connectivity index (χ3v) is 4.66. The number of carbonyl (C=O) groups is 2. The Morgan fingerprint density at radius 3 is 2.22 bits per heavy atom. The lowest BCUT2D eigenvalue weighted by molar-refractivity contribution is -0.142. The van der Waals surface area contributed by atoms with Gasteiger partial charge in [0.05, 0.1) is 18.4 Å². The largest absolute Gasteiger partial charge is 0.468 e. The smallest absolute Gasteiger partial charge is 0.314 e. The first-order valence-corrected chi connectivity index (χ1v) is 8.06. The van der Waals surface area contributed by atoms with Crippen LogP contribution < -0.4 is 11.1 Å². The second-order valence-corrected chi connectivity index (χ2v) is 5.89. The minimum absolute atomic E-state index is 0.106. The molecule has 0 aliphatic rings. The van der Waals surface area contributed by atoms with Gasteiger partial charge in [0.15, 0.2) is 0 Å². The highest BCUT2D eigenvalue weighted by molar-refractivity contribution is 5.84. The van der Waals surface area contributed by atoms with E-state index < -0.39 is 11.3 Å². The van der Waals surface area contributed by atoms with E-state index in [1.54, 1.807) is 0 Å². The molecular weight excluding hydrogens is 292 g/mol. The summed E-state index contributed by atoms with van der Waals surface area (Å²) in [4.78, 5) is 24.6. The highest BCUT2D eigenvalue weighted by Crippen LogP contribution is 2.25. The Bertz CT molecular complexity index is 513. The molecule has 0 fully saturated rings. The number of hydrogen-bond donors (Lipinski definition) is 2. The molecule has 1 aromatic carbocycles. The monoisotopic (exact) mass is 320 g/mol. The van der Waals surface area contributed by atoms with Crippen LogP contribution in [0.4, 0.5) is 0 Å². The van der Waals surface area contributed by atoms with E-state index in [-0.39, 0.29) is 18.4 Å². The van der Waals surface area contributed by atoms with E-state index in [9.17, 15) is 9.59 Å². The van der Waals surface area contributed by atoms with E-state index >= 15 is 0 Å². The van der Waals surface area contributed by atoms with Crippen molar-refractivity contribution in [3.63, 3.8) is 0 Å². The van der Waals surface area contributed by atoms with Crippen molar-refractivity contribution in [2.45, 2.75) is 39.5 Å². The van der Waals surface area contributed by atoms with Crippen LogP contribution in [0.25, 0.3) is 0 Å². The molecule has 0 heterocycles. The molecule has 0 aromatic heterocycles. The molecule has 1 atom stereocenters. The molecule has 1 unspecified atom stereocenters. The van der Waals surface area contributed by atoms with Crippen molar-refractivity contribution in [1.29, 1.82) is 0 Å². The lowest BCUT2D eigenvalue weighted by Crippen LogP contribution is -2.47. The van der Waals surface area contributed by atoms with Gasteiger partial charge >= 0.3 is 5.97 Å². The van der Waals surface area contributed by atoms with Crippen LogP contribution in [0.1, 0.15) is 43.7 Å². The van der Waals surface area contributed by atoms with Gasteiger partial charge in [0.25, 0.3) is 0 Å². The van der Waals surface area contributed by atoms with Crippen molar-refractivity contribution in [2.24, 2.45) is 11.1 Å². The third-order valence-electron chi connectivity index (χ3n) is 4.66. The number of esters is 1. The summed E-state index contributed by atoms with van der Waals surface area (Å²) >= 11 is 0. The van der Waals surface area contributed by atoms with E-state index in [0.717, 1.165) is 11.1 Å². The summed E-state index contributed by atoms with van der Waals surface area (Å²) in [5, 5.41) is 2.89. The summed E-state index contributed by atoms with van der Waals surface area (Å²) in [7, 11) is 1.35. The quantitative estimate of drug-likeness (QED) is 0.719. The maximum atomic E-state index is 12.5. The third kappa shape index (κ3) is 4.55. The van der Waals surface area contributed by atoms with Gasteiger partial charge in [-0.3, -0.25) is 9.59 Å². The van der Waals surface area contributed by atoms with Gasteiger partial charge < -0.3 is 15.8 Å². The fraction of sp³-hybridized carbons (Fsp3) is 0.556. The standard InChI is InChI=1S/C18H28N2O3/c1-5-18(6-2,12-19)17(22)20-11-15(16(21)23-4)14-9-7-13(3)8-10-14/h7-10,15H,5-6,11-12,19H2,1-4H3,(H,20,22). The van der Waals surface area contributed by atoms with Crippen LogP contribution in [0.2, 0.25) is 0 Å². The van der Waals surface area contributed by atoms with Gasteiger partial charge in [-0.15, -0.1) is 0 Å². The predicted octanol–water partition coefficient (Wildman–Crippen LogP) is 2.13. The Hall–Kier alpha value is -1.88. The number of benzene rings is 1. The maximum Gasteiger partial charge on any atom is 0.314 e. The zero-order valence-corrected chi connectivity index (χ0v) is 14.5. The Labute approximate surface area is 138 Å². The predicted molar refractivity (Wildman–Crippen MR) is 91.0 cm³/mol. The number of aryl methyl sites for hydroxylation is 1. The summed E-state index contributed by atoms with van der Waals surface area (Å²) in [5.74, 6) is -0.986. The van der Waals surface area contributed by atoms with Gasteiger partial charge in [0.1, 0.15) is 0 Å². The van der Waals surface area contributed by atoms with Crippen molar-refractivity contribution in [3.05, 3.63) is 35.4 Å². The van der Waals surface area contributed by atoms with Crippen LogP contribution in [0.15, 0.2) is 24.3 Å². The van der Waals surface area contributed by atoms with Crippen LogP contribution in [-0.4, -0.2) is 32.1 Å². The first-order valence-electron chi connectivity index (χ1n) is 8.06. The van der Waals surface area contributed by atoms with Crippen molar-refractivity contribution in [2.75, 3.05) is 20.2 Å². The average molecular weight is 320 g/mol. The molecule has 5 heteroatoms. The Morgan fingerprint density at radius 2 is 1.78 bits per heavy atom. The van der Waals surface area contributed by atoms with Gasteiger partial charge in [-0.25, -0.2) is 0 Å². The topological polar surface area (TPSA) is 81.4 Å². The van der Waals surface area contributed by atoms with E-state index in [4.69, 9.17) is 10.5 Å². The Kier molecular flexibility index (Phi) is 7.23. The molecule has 1 amide bonds. The van der Waals surface area contributed by atoms with Gasteiger partial charge in [-0.2, -0.15) is 0 Å². The lowest BCUT2D eigenvalue weighted by Gasteiger charge is -2.29. The van der Waals surface area contributed by atoms with E-state index in [1.807, 2.05) is 45.0 Å². The molecule has 0 aliphatic carbocycles. The number of ether oxygens (including phenoxy) is 1. The first-order chi connectivity index (χ1) is 10.9.